The van der Waals surface area contributed by atoms with Gasteiger partial charge >= 0.3 is 0 Å². The zero-order chi connectivity index (χ0) is 98.0. The summed E-state index contributed by atoms with van der Waals surface area (Å²) in [5, 5.41) is 0. The van der Waals surface area contributed by atoms with Crippen LogP contribution in [0.5, 0.6) is 0 Å². The Hall–Kier alpha value is -11.3. The zero-order valence-corrected chi connectivity index (χ0v) is 80.7. The van der Waals surface area contributed by atoms with Gasteiger partial charge in [0, 0.05) is 21.7 Å². The van der Waals surface area contributed by atoms with Crippen molar-refractivity contribution in [3.63, 3.8) is 0 Å². The van der Waals surface area contributed by atoms with Crippen LogP contribution < -0.4 is 19.6 Å². The molecular formula is C116H120F16N4. The van der Waals surface area contributed by atoms with E-state index in [1.54, 1.807) is 97.1 Å². The Labute approximate surface area is 790 Å². The van der Waals surface area contributed by atoms with Crippen LogP contribution in [0.2, 0.25) is 0 Å². The standard InChI is InChI=1S/2C58H60F8N2/c1-9-13-29-57(30-14-10-2)43-33(5)21-17-25-37(43)67(38-26-18-22-34(6)44(38)57)55-51(63)47(59)41(48(60)52(55)64)42-49(61)53(65)56(54(66)50(42)62)68-39-27-19-23-35(7)45(39)58(31-15-11-3,32-16-12-4)46-36(8)24-20-28-40(46)68;1-9-13-25-57(26-14-10-2)37-29-33(5)17-21-41(37)67(42-22-18-34(6)30-38(42)57)55-51(63)47(59)45(48(60)52(55)64)46-49(61)53(65)56(54(66)50(46)62)68-43-23-19-35(7)31-39(43)58(27-15-11-3,28-16-12-4)40-32-36(8)20-24-44(40)68/h17-28H,9-16,29-32H2,1-8H3;17-24,29-32H,9-16,25-28H2,1-8H3. The van der Waals surface area contributed by atoms with Crippen LogP contribution in [0.4, 0.5) is 138 Å². The lowest BCUT2D eigenvalue weighted by atomic mass is 9.62. The van der Waals surface area contributed by atoms with E-state index >= 15 is 70.2 Å². The molecule has 0 spiro atoms. The first-order valence-corrected chi connectivity index (χ1v) is 48.6. The molecule has 12 aromatic carbocycles. The predicted molar refractivity (Wildman–Crippen MR) is 519 cm³/mol. The lowest BCUT2D eigenvalue weighted by Gasteiger charge is -2.48. The number of hydrogen-bond acceptors (Lipinski definition) is 4. The van der Waals surface area contributed by atoms with Crippen LogP contribution in [0, 0.1) is 148 Å². The molecule has 0 radical (unpaired) electrons. The van der Waals surface area contributed by atoms with E-state index in [1.807, 2.05) is 104 Å². The monoisotopic (exact) mass is 1870 g/mol. The zero-order valence-electron chi connectivity index (χ0n) is 80.7. The van der Waals surface area contributed by atoms with E-state index in [0.717, 1.165) is 211 Å². The number of halogens is 16. The van der Waals surface area contributed by atoms with Gasteiger partial charge in [-0.15, -0.1) is 0 Å². The molecular weight excluding hydrogens is 1750 g/mol. The van der Waals surface area contributed by atoms with Gasteiger partial charge in [-0.2, -0.15) is 0 Å². The van der Waals surface area contributed by atoms with Gasteiger partial charge in [-0.1, -0.05) is 277 Å². The van der Waals surface area contributed by atoms with Gasteiger partial charge < -0.3 is 19.6 Å². The van der Waals surface area contributed by atoms with E-state index in [-0.39, 0.29) is 22.7 Å². The highest BCUT2D eigenvalue weighted by Crippen LogP contribution is 2.65. The Morgan fingerprint density at radius 3 is 0.522 bits per heavy atom. The Morgan fingerprint density at radius 2 is 0.353 bits per heavy atom. The molecule has 0 saturated heterocycles. The maximum atomic E-state index is 17.2. The van der Waals surface area contributed by atoms with Gasteiger partial charge in [-0.25, -0.2) is 70.2 Å². The van der Waals surface area contributed by atoms with E-state index in [1.165, 1.54) is 0 Å². The first kappa shape index (κ1) is 99.2. The van der Waals surface area contributed by atoms with E-state index in [9.17, 15) is 0 Å². The summed E-state index contributed by atoms with van der Waals surface area (Å²) in [6.07, 6.45) is 19.1. The highest BCUT2D eigenvalue weighted by Gasteiger charge is 2.53. The van der Waals surface area contributed by atoms with Crippen molar-refractivity contribution in [1.82, 2.24) is 0 Å². The smallest absolute Gasteiger partial charge is 0.186 e. The lowest BCUT2D eigenvalue weighted by molar-refractivity contribution is 0.398. The molecule has 0 aliphatic carbocycles. The molecule has 0 atom stereocenters. The molecule has 0 N–H and O–H groups in total. The second-order valence-corrected chi connectivity index (χ2v) is 38.4. The number of rotatable bonds is 30. The number of nitrogens with zero attached hydrogens (tertiary/aromatic N) is 4. The van der Waals surface area contributed by atoms with Crippen LogP contribution in [-0.2, 0) is 21.7 Å². The van der Waals surface area contributed by atoms with Crippen LogP contribution in [0.15, 0.2) is 146 Å². The maximum Gasteiger partial charge on any atom is 0.186 e. The Kier molecular flexibility index (Phi) is 28.9. The molecule has 0 unspecified atom stereocenters. The topological polar surface area (TPSA) is 13.0 Å². The summed E-state index contributed by atoms with van der Waals surface area (Å²) >= 11 is 0. The van der Waals surface area contributed by atoms with Gasteiger partial charge in [0.2, 0.25) is 0 Å². The summed E-state index contributed by atoms with van der Waals surface area (Å²) < 4.78 is 273. The number of fused-ring (bicyclic) bond motifs is 8. The van der Waals surface area contributed by atoms with Gasteiger partial charge in [0.15, 0.2) is 93.1 Å². The minimum atomic E-state index is -2.21. The van der Waals surface area contributed by atoms with Crippen LogP contribution in [0.3, 0.4) is 0 Å². The van der Waals surface area contributed by atoms with Gasteiger partial charge in [0.1, 0.15) is 22.7 Å². The summed E-state index contributed by atoms with van der Waals surface area (Å²) in [7, 11) is 0. The van der Waals surface area contributed by atoms with Gasteiger partial charge in [0.25, 0.3) is 0 Å². The number of hydrogen-bond donors (Lipinski definition) is 0. The van der Waals surface area contributed by atoms with Crippen molar-refractivity contribution in [2.75, 3.05) is 19.6 Å². The Bertz CT molecular complexity index is 5860. The highest BCUT2D eigenvalue weighted by atomic mass is 19.2. The third-order valence-electron chi connectivity index (χ3n) is 29.5. The number of unbranched alkanes of at least 4 members (excludes halogenated alkanes) is 8. The normalized spacial score (nSPS) is 14.5. The van der Waals surface area contributed by atoms with Gasteiger partial charge in [0.05, 0.1) is 67.8 Å². The molecule has 0 fully saturated rings. The van der Waals surface area contributed by atoms with Crippen LogP contribution in [0.25, 0.3) is 22.3 Å². The Balaban J connectivity index is 0.000000207. The van der Waals surface area contributed by atoms with Crippen molar-refractivity contribution in [2.45, 2.75) is 287 Å². The molecule has 4 aliphatic heterocycles. The van der Waals surface area contributed by atoms with Crippen molar-refractivity contribution in [3.05, 3.63) is 328 Å². The predicted octanol–water partition coefficient (Wildman–Crippen LogP) is 37.2. The highest BCUT2D eigenvalue weighted by molar-refractivity contribution is 5.94. The fourth-order valence-corrected chi connectivity index (χ4v) is 23.3. The molecule has 0 aromatic heterocycles. The number of benzene rings is 12. The molecule has 4 aliphatic rings. The molecule has 4 nitrogen and oxygen atoms in total. The fourth-order valence-electron chi connectivity index (χ4n) is 23.3. The molecule has 12 aromatic rings. The third-order valence-corrected chi connectivity index (χ3v) is 29.5. The first-order valence-electron chi connectivity index (χ1n) is 48.6. The molecule has 0 amide bonds. The molecule has 716 valence electrons. The van der Waals surface area contributed by atoms with E-state index < -0.39 is 160 Å². The molecule has 16 rings (SSSR count). The summed E-state index contributed by atoms with van der Waals surface area (Å²) in [5.41, 5.74) is 0.0404. The molecule has 20 heteroatoms. The second-order valence-electron chi connectivity index (χ2n) is 38.4. The first-order chi connectivity index (χ1) is 65.1. The third kappa shape index (κ3) is 16.0. The summed E-state index contributed by atoms with van der Waals surface area (Å²) in [6.45, 7) is 31.7. The lowest BCUT2D eigenvalue weighted by Crippen LogP contribution is -2.38. The largest absolute Gasteiger partial charge is 0.304 e. The van der Waals surface area contributed by atoms with Gasteiger partial charge in [-0.3, -0.25) is 0 Å². The molecule has 0 saturated carbocycles. The average Bonchev–Trinajstić information content (AvgIpc) is 0.699. The molecule has 4 heterocycles. The van der Waals surface area contributed by atoms with E-state index in [0.29, 0.717) is 74.1 Å². The summed E-state index contributed by atoms with van der Waals surface area (Å²) in [5.74, 6) is -33.6. The van der Waals surface area contributed by atoms with Crippen molar-refractivity contribution in [1.29, 1.82) is 0 Å². The van der Waals surface area contributed by atoms with Crippen LogP contribution >= 0.6 is 0 Å². The Morgan fingerprint density at radius 1 is 0.191 bits per heavy atom. The number of aryl methyl sites for hydroxylation is 8. The van der Waals surface area contributed by atoms with Gasteiger partial charge in [-0.05, 0) is 222 Å². The van der Waals surface area contributed by atoms with Crippen molar-refractivity contribution < 1.29 is 70.2 Å². The van der Waals surface area contributed by atoms with E-state index in [2.05, 4.69) is 55.4 Å². The van der Waals surface area contributed by atoms with Crippen molar-refractivity contribution in [3.8, 4) is 22.3 Å². The van der Waals surface area contributed by atoms with Crippen molar-refractivity contribution >= 4 is 68.2 Å². The SMILES string of the molecule is CCCCC1(CCCC)c2c(C)cccc2N(c2c(F)c(F)c(-c3c(F)c(F)c(N4c5cccc(C)c5C(CCCC)(CCCC)c5c(C)cccc54)c(F)c3F)c(F)c2F)c2cccc(C)c21.CCCCC1(CCCC)c2cc(C)ccc2N(c2c(F)c(F)c(-c3c(F)c(F)c(N4c5ccc(C)cc5C(CCCC)(CCCC)c5cc(C)ccc54)c(F)c3F)c(F)c2F)c2ccc(C)cc21. The second kappa shape index (κ2) is 39.7. The maximum absolute atomic E-state index is 17.2. The fraction of sp³-hybridized carbons (Fsp3) is 0.379. The molecule has 0 bridgehead atoms. The van der Waals surface area contributed by atoms with E-state index in [4.69, 9.17) is 0 Å². The molecule has 136 heavy (non-hydrogen) atoms. The quantitative estimate of drug-likeness (QED) is 0.0329. The minimum Gasteiger partial charge on any atom is -0.304 e. The summed E-state index contributed by atoms with van der Waals surface area (Å²) in [6, 6.07) is 42.2. The average molecular weight is 1870 g/mol. The van der Waals surface area contributed by atoms with Crippen molar-refractivity contribution in [2.24, 2.45) is 0 Å². The minimum absolute atomic E-state index is 0.281. The van der Waals surface area contributed by atoms with Crippen LogP contribution in [-0.4, -0.2) is 0 Å². The number of anilines is 12. The summed E-state index contributed by atoms with van der Waals surface area (Å²) in [4.78, 5) is 4.50. The van der Waals surface area contributed by atoms with Crippen LogP contribution in [0.1, 0.15) is 299 Å².